The molecule has 2 aromatic carbocycles. The van der Waals surface area contributed by atoms with Gasteiger partial charge >= 0.3 is 0 Å². The molecule has 126 valence electrons. The van der Waals surface area contributed by atoms with Crippen LogP contribution in [0.4, 0.5) is 0 Å². The molecule has 2 aromatic rings. The van der Waals surface area contributed by atoms with Gasteiger partial charge in [0.15, 0.2) is 11.5 Å². The van der Waals surface area contributed by atoms with Gasteiger partial charge < -0.3 is 19.9 Å². The van der Waals surface area contributed by atoms with Crippen molar-refractivity contribution in [1.82, 2.24) is 5.32 Å². The number of aliphatic hydroxyl groups excluding tert-OH is 1. The predicted molar refractivity (Wildman–Crippen MR) is 90.3 cm³/mol. The number of benzene rings is 2. The zero-order chi connectivity index (χ0) is 16.9. The normalized spacial score (nSPS) is 13.6. The maximum atomic E-state index is 11.9. The summed E-state index contributed by atoms with van der Waals surface area (Å²) in [5.41, 5.74) is 1.73. The number of carbonyl (C=O) groups excluding carboxylic acids is 1. The Balaban J connectivity index is 1.45. The van der Waals surface area contributed by atoms with E-state index in [1.165, 1.54) is 0 Å². The van der Waals surface area contributed by atoms with E-state index in [4.69, 9.17) is 21.1 Å². The Kier molecular flexibility index (Phi) is 5.23. The third-order valence-corrected chi connectivity index (χ3v) is 4.08. The van der Waals surface area contributed by atoms with Crippen LogP contribution in [-0.4, -0.2) is 24.4 Å². The van der Waals surface area contributed by atoms with Gasteiger partial charge in [0.2, 0.25) is 12.7 Å². The van der Waals surface area contributed by atoms with E-state index in [0.717, 1.165) is 16.9 Å². The maximum Gasteiger partial charge on any atom is 0.231 e. The van der Waals surface area contributed by atoms with E-state index in [-0.39, 0.29) is 19.2 Å². The Labute approximate surface area is 145 Å². The molecule has 0 saturated heterocycles. The molecule has 1 aliphatic heterocycles. The highest BCUT2D eigenvalue weighted by Gasteiger charge is 2.14. The van der Waals surface area contributed by atoms with Crippen LogP contribution >= 0.6 is 11.6 Å². The number of aryl methyl sites for hydroxylation is 1. The molecule has 5 nitrogen and oxygen atoms in total. The summed E-state index contributed by atoms with van der Waals surface area (Å²) in [7, 11) is 0. The summed E-state index contributed by atoms with van der Waals surface area (Å²) in [6, 6.07) is 12.6. The number of halogens is 1. The van der Waals surface area contributed by atoms with Crippen LogP contribution in [0.5, 0.6) is 11.5 Å². The second-order valence-electron chi connectivity index (χ2n) is 5.56. The molecular formula is C18H18ClNO4. The minimum Gasteiger partial charge on any atom is -0.454 e. The van der Waals surface area contributed by atoms with Crippen molar-refractivity contribution >= 4 is 17.5 Å². The van der Waals surface area contributed by atoms with Gasteiger partial charge in [0, 0.05) is 18.0 Å². The summed E-state index contributed by atoms with van der Waals surface area (Å²) in [5.74, 6) is 1.33. The molecule has 0 aromatic heterocycles. The molecule has 0 radical (unpaired) electrons. The molecular weight excluding hydrogens is 330 g/mol. The highest BCUT2D eigenvalue weighted by Crippen LogP contribution is 2.32. The first-order valence-electron chi connectivity index (χ1n) is 7.70. The number of aliphatic hydroxyl groups is 1. The molecule has 1 amide bonds. The van der Waals surface area contributed by atoms with Crippen LogP contribution < -0.4 is 14.8 Å². The fourth-order valence-corrected chi connectivity index (χ4v) is 2.58. The van der Waals surface area contributed by atoms with Gasteiger partial charge in [0.1, 0.15) is 0 Å². The second-order valence-corrected chi connectivity index (χ2v) is 6.00. The van der Waals surface area contributed by atoms with Crippen molar-refractivity contribution < 1.29 is 19.4 Å². The van der Waals surface area contributed by atoms with Crippen LogP contribution in [0, 0.1) is 0 Å². The first-order chi connectivity index (χ1) is 11.6. The zero-order valence-corrected chi connectivity index (χ0v) is 13.8. The van der Waals surface area contributed by atoms with Crippen molar-refractivity contribution in [3.8, 4) is 11.5 Å². The van der Waals surface area contributed by atoms with Gasteiger partial charge in [0.25, 0.3) is 0 Å². The topological polar surface area (TPSA) is 67.8 Å². The summed E-state index contributed by atoms with van der Waals surface area (Å²) in [4.78, 5) is 11.9. The molecule has 0 fully saturated rings. The van der Waals surface area contributed by atoms with Crippen molar-refractivity contribution in [2.45, 2.75) is 18.9 Å². The molecule has 1 atom stereocenters. The lowest BCUT2D eigenvalue weighted by molar-refractivity contribution is -0.121. The molecule has 6 heteroatoms. The minimum atomic E-state index is -0.753. The van der Waals surface area contributed by atoms with Crippen molar-refractivity contribution in [3.63, 3.8) is 0 Å². The molecule has 24 heavy (non-hydrogen) atoms. The van der Waals surface area contributed by atoms with Gasteiger partial charge in [-0.2, -0.15) is 0 Å². The third-order valence-electron chi connectivity index (χ3n) is 3.83. The van der Waals surface area contributed by atoms with Crippen LogP contribution in [-0.2, 0) is 11.2 Å². The fraction of sp³-hybridized carbons (Fsp3) is 0.278. The van der Waals surface area contributed by atoms with E-state index in [2.05, 4.69) is 5.32 Å². The zero-order valence-electron chi connectivity index (χ0n) is 13.0. The van der Waals surface area contributed by atoms with Crippen molar-refractivity contribution in [2.24, 2.45) is 0 Å². The fourth-order valence-electron chi connectivity index (χ4n) is 2.46. The highest BCUT2D eigenvalue weighted by atomic mass is 35.5. The van der Waals surface area contributed by atoms with E-state index in [1.54, 1.807) is 24.3 Å². The molecule has 0 saturated carbocycles. The number of carbonyl (C=O) groups is 1. The average Bonchev–Trinajstić information content (AvgIpc) is 3.06. The number of nitrogens with one attached hydrogen (secondary N) is 1. The largest absolute Gasteiger partial charge is 0.454 e. The standard InChI is InChI=1S/C18H18ClNO4/c19-14-5-3-13(4-6-14)15(21)10-20-18(22)8-2-12-1-7-16-17(9-12)24-11-23-16/h1,3-7,9,15,21H,2,8,10-11H2,(H,20,22). The number of fused-ring (bicyclic) bond motifs is 1. The number of rotatable bonds is 6. The number of hydrogen-bond donors (Lipinski definition) is 2. The van der Waals surface area contributed by atoms with Crippen molar-refractivity contribution in [1.29, 1.82) is 0 Å². The Morgan fingerprint density at radius 1 is 1.17 bits per heavy atom. The summed E-state index contributed by atoms with van der Waals surface area (Å²) in [6.07, 6.45) is 0.184. The van der Waals surface area contributed by atoms with Crippen LogP contribution in [0.2, 0.25) is 5.02 Å². The lowest BCUT2D eigenvalue weighted by Crippen LogP contribution is -2.28. The Morgan fingerprint density at radius 3 is 2.71 bits per heavy atom. The molecule has 1 unspecified atom stereocenters. The summed E-state index contributed by atoms with van der Waals surface area (Å²) >= 11 is 5.81. The summed E-state index contributed by atoms with van der Waals surface area (Å²) < 4.78 is 10.6. The second kappa shape index (κ2) is 7.55. The number of hydrogen-bond acceptors (Lipinski definition) is 4. The smallest absolute Gasteiger partial charge is 0.231 e. The van der Waals surface area contributed by atoms with Gasteiger partial charge in [-0.3, -0.25) is 4.79 Å². The monoisotopic (exact) mass is 347 g/mol. The Morgan fingerprint density at radius 2 is 1.92 bits per heavy atom. The van der Waals surface area contributed by atoms with Gasteiger partial charge in [0.05, 0.1) is 6.10 Å². The minimum absolute atomic E-state index is 0.110. The van der Waals surface area contributed by atoms with Gasteiger partial charge in [-0.05, 0) is 41.8 Å². The summed E-state index contributed by atoms with van der Waals surface area (Å²) in [5, 5.41) is 13.4. The van der Waals surface area contributed by atoms with Gasteiger partial charge in [-0.1, -0.05) is 29.8 Å². The molecule has 0 aliphatic carbocycles. The quantitative estimate of drug-likeness (QED) is 0.843. The Bertz CT molecular complexity index is 717. The van der Waals surface area contributed by atoms with Crippen LogP contribution in [0.15, 0.2) is 42.5 Å². The summed E-state index contributed by atoms with van der Waals surface area (Å²) in [6.45, 7) is 0.406. The number of ether oxygens (including phenoxy) is 2. The van der Waals surface area contributed by atoms with Gasteiger partial charge in [-0.15, -0.1) is 0 Å². The molecule has 2 N–H and O–H groups in total. The van der Waals surface area contributed by atoms with E-state index in [1.807, 2.05) is 18.2 Å². The van der Waals surface area contributed by atoms with Crippen molar-refractivity contribution in [2.75, 3.05) is 13.3 Å². The van der Waals surface area contributed by atoms with Gasteiger partial charge in [-0.25, -0.2) is 0 Å². The lowest BCUT2D eigenvalue weighted by atomic mass is 10.1. The van der Waals surface area contributed by atoms with E-state index in [0.29, 0.717) is 23.6 Å². The van der Waals surface area contributed by atoms with E-state index in [9.17, 15) is 9.90 Å². The number of amides is 1. The first-order valence-corrected chi connectivity index (χ1v) is 8.08. The average molecular weight is 348 g/mol. The third kappa shape index (κ3) is 4.19. The highest BCUT2D eigenvalue weighted by molar-refractivity contribution is 6.30. The molecule has 0 bridgehead atoms. The van der Waals surface area contributed by atoms with Crippen LogP contribution in [0.25, 0.3) is 0 Å². The molecule has 1 heterocycles. The first kappa shape index (κ1) is 16.6. The van der Waals surface area contributed by atoms with E-state index < -0.39 is 6.10 Å². The molecule has 3 rings (SSSR count). The molecule has 0 spiro atoms. The predicted octanol–water partition coefficient (Wildman–Crippen LogP) is 2.85. The lowest BCUT2D eigenvalue weighted by Gasteiger charge is -2.12. The molecule has 1 aliphatic rings. The van der Waals surface area contributed by atoms with Crippen LogP contribution in [0.3, 0.4) is 0 Å². The maximum absolute atomic E-state index is 11.9. The Hall–Kier alpha value is -2.24. The van der Waals surface area contributed by atoms with Crippen molar-refractivity contribution in [3.05, 3.63) is 58.6 Å². The SMILES string of the molecule is O=C(CCc1ccc2c(c1)OCO2)NCC(O)c1ccc(Cl)cc1. The van der Waals surface area contributed by atoms with Crippen LogP contribution in [0.1, 0.15) is 23.7 Å². The van der Waals surface area contributed by atoms with E-state index >= 15 is 0 Å².